The Hall–Kier alpha value is -3.50. The van der Waals surface area contributed by atoms with Crippen molar-refractivity contribution in [2.24, 2.45) is 11.1 Å². The molecule has 15 heteroatoms. The molecule has 0 saturated carbocycles. The Morgan fingerprint density at radius 1 is 1.23 bits per heavy atom. The van der Waals surface area contributed by atoms with Crippen molar-refractivity contribution in [2.45, 2.75) is 43.5 Å². The number of anilines is 1. The minimum absolute atomic E-state index is 0.0635. The Morgan fingerprint density at radius 2 is 1.98 bits per heavy atom. The highest BCUT2D eigenvalue weighted by Crippen LogP contribution is 2.36. The van der Waals surface area contributed by atoms with Crippen LogP contribution in [0, 0.1) is 5.92 Å². The van der Waals surface area contributed by atoms with Gasteiger partial charge in [0.1, 0.15) is 49.8 Å². The minimum atomic E-state index is -1.36. The van der Waals surface area contributed by atoms with Gasteiger partial charge in [0.05, 0.1) is 18.8 Å². The van der Waals surface area contributed by atoms with Gasteiger partial charge < -0.3 is 40.1 Å². The second-order valence-corrected chi connectivity index (χ2v) is 10.3. The van der Waals surface area contributed by atoms with Crippen molar-refractivity contribution < 1.29 is 39.2 Å². The Labute approximate surface area is 234 Å². The number of aliphatic hydroxyl groups is 3. The molecule has 2 aromatic heterocycles. The lowest BCUT2D eigenvalue weighted by molar-refractivity contribution is -0.0548. The summed E-state index contributed by atoms with van der Waals surface area (Å²) >= 11 is 1.22. The van der Waals surface area contributed by atoms with Gasteiger partial charge in [0.2, 0.25) is 0 Å². The molecule has 0 amide bonds. The van der Waals surface area contributed by atoms with Crippen LogP contribution in [0.5, 0.6) is 5.75 Å². The highest BCUT2D eigenvalue weighted by Gasteiger charge is 2.45. The molecule has 3 aromatic rings. The molecule has 0 radical (unpaired) electrons. The Morgan fingerprint density at radius 3 is 2.62 bits per heavy atom. The zero-order valence-electron chi connectivity index (χ0n) is 22.2. The first kappa shape index (κ1) is 29.5. The van der Waals surface area contributed by atoms with E-state index in [1.807, 2.05) is 13.8 Å². The molecule has 0 bridgehead atoms. The lowest BCUT2D eigenvalue weighted by Crippen LogP contribution is -2.33. The molecule has 3 heterocycles. The fourth-order valence-electron chi connectivity index (χ4n) is 3.88. The smallest absolute Gasteiger partial charge is 0.338 e. The number of hydrogen-bond acceptors (Lipinski definition) is 14. The number of esters is 1. The molecule has 1 aliphatic rings. The van der Waals surface area contributed by atoms with E-state index >= 15 is 0 Å². The Kier molecular flexibility index (Phi) is 9.76. The fourth-order valence-corrected chi connectivity index (χ4v) is 4.80. The van der Waals surface area contributed by atoms with E-state index in [-0.39, 0.29) is 29.6 Å². The second kappa shape index (κ2) is 13.2. The summed E-state index contributed by atoms with van der Waals surface area (Å²) in [6.07, 6.45) is -3.49. The van der Waals surface area contributed by atoms with Gasteiger partial charge in [-0.1, -0.05) is 30.8 Å². The van der Waals surface area contributed by atoms with Crippen molar-refractivity contribution in [2.75, 3.05) is 38.4 Å². The average molecular weight is 577 g/mol. The number of benzene rings is 1. The molecule has 1 fully saturated rings. The van der Waals surface area contributed by atoms with Crippen molar-refractivity contribution in [1.29, 1.82) is 0 Å². The molecule has 14 nitrogen and oxygen atoms in total. The number of hydrogen-bond donors (Lipinski definition) is 4. The Bertz CT molecular complexity index is 1330. The number of fused-ring (bicyclic) bond motifs is 1. The average Bonchev–Trinajstić information content (AvgIpc) is 3.46. The first-order chi connectivity index (χ1) is 19.2. The number of aromatic nitrogens is 4. The lowest BCUT2D eigenvalue weighted by Gasteiger charge is -2.19. The lowest BCUT2D eigenvalue weighted by atomic mass is 10.1. The number of carbonyl (C=O) groups excluding carboxylic acids is 1. The molecule has 1 aliphatic heterocycles. The molecule has 1 saturated heterocycles. The summed E-state index contributed by atoms with van der Waals surface area (Å²) in [5.41, 5.74) is 7.51. The van der Waals surface area contributed by atoms with Gasteiger partial charge in [-0.3, -0.25) is 4.57 Å². The number of ether oxygens (including phenoxy) is 3. The number of carbonyl (C=O) groups is 1. The van der Waals surface area contributed by atoms with E-state index < -0.39 is 37.1 Å². The zero-order chi connectivity index (χ0) is 28.8. The number of nitrogens with zero attached hydrogens (tertiary/aromatic N) is 5. The molecule has 216 valence electrons. The van der Waals surface area contributed by atoms with Crippen LogP contribution in [0.3, 0.4) is 0 Å². The maximum absolute atomic E-state index is 12.1. The van der Waals surface area contributed by atoms with Crippen molar-refractivity contribution in [3.8, 4) is 5.75 Å². The number of nitrogens with two attached hydrogens (primary N) is 1. The zero-order valence-corrected chi connectivity index (χ0v) is 23.0. The quantitative estimate of drug-likeness (QED) is 0.103. The van der Waals surface area contributed by atoms with Gasteiger partial charge in [-0.25, -0.2) is 19.7 Å². The van der Waals surface area contributed by atoms with Crippen molar-refractivity contribution in [1.82, 2.24) is 19.5 Å². The van der Waals surface area contributed by atoms with E-state index in [2.05, 4.69) is 20.1 Å². The molecule has 40 heavy (non-hydrogen) atoms. The maximum atomic E-state index is 12.1. The molecule has 1 aromatic carbocycles. The van der Waals surface area contributed by atoms with E-state index in [1.54, 1.807) is 24.3 Å². The van der Waals surface area contributed by atoms with Gasteiger partial charge in [-0.15, -0.1) is 0 Å². The summed E-state index contributed by atoms with van der Waals surface area (Å²) in [6, 6.07) is 6.56. The normalized spacial score (nSPS) is 21.2. The van der Waals surface area contributed by atoms with Gasteiger partial charge in [-0.2, -0.15) is 0 Å². The van der Waals surface area contributed by atoms with Crippen LogP contribution in [0.15, 0.2) is 40.9 Å². The molecule has 0 spiro atoms. The predicted molar refractivity (Wildman–Crippen MR) is 145 cm³/mol. The molecular weight excluding hydrogens is 544 g/mol. The number of nitrogen functional groups attached to an aromatic ring is 1. The van der Waals surface area contributed by atoms with Crippen LogP contribution in [0.2, 0.25) is 0 Å². The summed E-state index contributed by atoms with van der Waals surface area (Å²) < 4.78 is 18.3. The van der Waals surface area contributed by atoms with Crippen molar-refractivity contribution in [3.63, 3.8) is 0 Å². The van der Waals surface area contributed by atoms with E-state index in [0.29, 0.717) is 34.4 Å². The first-order valence-corrected chi connectivity index (χ1v) is 13.4. The topological polar surface area (TPSA) is 197 Å². The highest BCUT2D eigenvalue weighted by atomic mass is 32.2. The summed E-state index contributed by atoms with van der Waals surface area (Å²) in [4.78, 5) is 29.9. The van der Waals surface area contributed by atoms with Crippen LogP contribution < -0.4 is 10.5 Å². The number of imidazole rings is 1. The minimum Gasteiger partial charge on any atom is -0.487 e. The van der Waals surface area contributed by atoms with Gasteiger partial charge in [-0.05, 0) is 30.2 Å². The summed E-state index contributed by atoms with van der Waals surface area (Å²) in [5, 5.41) is 34.9. The standard InChI is InChI=1S/C25H32N6O8S/c1-13(2)9-38-24(35)14-4-6-16(7-5-14)37-10-15(30-36-3)11-40-25-29-18-21(26)27-12-28-22(18)31(25)23-20(34)19(33)17(8-32)39-23/h4-7,12-13,17,19-20,23,32-34H,8-11H2,1-3H3,(H2,26,27,28)/b30-15+/t17-,19-,20-,23-/m1/s1. The molecule has 0 aliphatic carbocycles. The number of oxime groups is 1. The summed E-state index contributed by atoms with van der Waals surface area (Å²) in [5.74, 6) is 0.725. The first-order valence-electron chi connectivity index (χ1n) is 12.5. The summed E-state index contributed by atoms with van der Waals surface area (Å²) in [7, 11) is 1.41. The van der Waals surface area contributed by atoms with Crippen molar-refractivity contribution >= 4 is 40.4 Å². The molecule has 4 atom stereocenters. The largest absolute Gasteiger partial charge is 0.487 e. The van der Waals surface area contributed by atoms with Crippen LogP contribution in [0.1, 0.15) is 30.4 Å². The van der Waals surface area contributed by atoms with Gasteiger partial charge in [0.15, 0.2) is 28.4 Å². The molecule has 0 unspecified atom stereocenters. The van der Waals surface area contributed by atoms with Crippen LogP contribution in [-0.4, -0.2) is 97.5 Å². The van der Waals surface area contributed by atoms with Crippen LogP contribution in [0.4, 0.5) is 5.82 Å². The van der Waals surface area contributed by atoms with Crippen LogP contribution in [-0.2, 0) is 14.3 Å². The number of aliphatic hydroxyl groups excluding tert-OH is 3. The monoisotopic (exact) mass is 576 g/mol. The van der Waals surface area contributed by atoms with Crippen LogP contribution in [0.25, 0.3) is 11.2 Å². The van der Waals surface area contributed by atoms with E-state index in [1.165, 1.54) is 29.8 Å². The van der Waals surface area contributed by atoms with E-state index in [4.69, 9.17) is 24.8 Å². The van der Waals surface area contributed by atoms with Gasteiger partial charge in [0.25, 0.3) is 0 Å². The SMILES string of the molecule is CO/N=C(\COc1ccc(C(=O)OCC(C)C)cc1)CSc1nc2c(N)ncnc2n1[C@@H]1O[C@H](CO)[C@@H](O)[C@H]1O. The third kappa shape index (κ3) is 6.62. The molecule has 5 N–H and O–H groups in total. The highest BCUT2D eigenvalue weighted by molar-refractivity contribution is 7.99. The van der Waals surface area contributed by atoms with E-state index in [0.717, 1.165) is 0 Å². The Balaban J connectivity index is 1.47. The maximum Gasteiger partial charge on any atom is 0.338 e. The third-order valence-electron chi connectivity index (χ3n) is 5.88. The number of rotatable bonds is 12. The number of thioether (sulfide) groups is 1. The van der Waals surface area contributed by atoms with Crippen LogP contribution >= 0.6 is 11.8 Å². The molecule has 4 rings (SSSR count). The predicted octanol–water partition coefficient (Wildman–Crippen LogP) is 1.01. The second-order valence-electron chi connectivity index (χ2n) is 9.36. The fraction of sp³-hybridized carbons (Fsp3) is 0.480. The molecular formula is C25H32N6O8S. The van der Waals surface area contributed by atoms with Gasteiger partial charge >= 0.3 is 5.97 Å². The summed E-state index contributed by atoms with van der Waals surface area (Å²) in [6.45, 7) is 3.84. The van der Waals surface area contributed by atoms with Crippen molar-refractivity contribution in [3.05, 3.63) is 36.2 Å². The third-order valence-corrected chi connectivity index (χ3v) is 6.90. The van der Waals surface area contributed by atoms with E-state index in [9.17, 15) is 20.1 Å². The van der Waals surface area contributed by atoms with Gasteiger partial charge in [0, 0.05) is 5.75 Å².